The van der Waals surface area contributed by atoms with Crippen molar-refractivity contribution in [1.82, 2.24) is 0 Å². The Kier molecular flexibility index (Phi) is 6.90. The monoisotopic (exact) mass is 424 g/mol. The standard InChI is InChI=1S/C28H28N2O2/c1-2-27(22-6-4-3-5-7-22)28(23-8-12-25(29-32)13-9-23)24-10-14-26(15-11-24)30-18-16-21(20-31)17-19-30/h3-15,20-21H,2,16-19H2,1H3/b28-27-. The fraction of sp³-hybridized carbons (Fsp3) is 0.250. The second kappa shape index (κ2) is 10.2. The van der Waals surface area contributed by atoms with E-state index in [1.807, 2.05) is 18.2 Å². The number of nitroso groups, excluding NO2 is 1. The first kappa shape index (κ1) is 21.7. The van der Waals surface area contributed by atoms with Gasteiger partial charge in [-0.1, -0.05) is 61.5 Å². The lowest BCUT2D eigenvalue weighted by molar-refractivity contribution is -0.111. The molecule has 1 aliphatic rings. The number of hydrogen-bond donors (Lipinski definition) is 0. The quantitative estimate of drug-likeness (QED) is 0.236. The first-order valence-electron chi connectivity index (χ1n) is 11.3. The molecule has 0 amide bonds. The fourth-order valence-electron chi connectivity index (χ4n) is 4.50. The summed E-state index contributed by atoms with van der Waals surface area (Å²) in [5.74, 6) is 0.196. The molecule has 3 aromatic rings. The largest absolute Gasteiger partial charge is 0.371 e. The minimum Gasteiger partial charge on any atom is -0.371 e. The molecule has 0 bridgehead atoms. The number of rotatable bonds is 7. The molecular weight excluding hydrogens is 396 g/mol. The lowest BCUT2D eigenvalue weighted by Gasteiger charge is -2.31. The third-order valence-electron chi connectivity index (χ3n) is 6.29. The first-order valence-corrected chi connectivity index (χ1v) is 11.3. The Morgan fingerprint density at radius 3 is 2.00 bits per heavy atom. The first-order chi connectivity index (χ1) is 15.7. The predicted octanol–water partition coefficient (Wildman–Crippen LogP) is 6.87. The van der Waals surface area contributed by atoms with E-state index in [1.54, 1.807) is 12.1 Å². The molecule has 4 nitrogen and oxygen atoms in total. The van der Waals surface area contributed by atoms with Crippen LogP contribution in [0.1, 0.15) is 42.9 Å². The molecule has 0 unspecified atom stereocenters. The van der Waals surface area contributed by atoms with Crippen LogP contribution in [0.5, 0.6) is 0 Å². The number of carbonyl (C=O) groups is 1. The van der Waals surface area contributed by atoms with Crippen LogP contribution in [0.3, 0.4) is 0 Å². The van der Waals surface area contributed by atoms with Crippen LogP contribution in [0.15, 0.2) is 84.0 Å². The zero-order valence-corrected chi connectivity index (χ0v) is 18.4. The number of anilines is 1. The Balaban J connectivity index is 1.74. The third-order valence-corrected chi connectivity index (χ3v) is 6.29. The number of allylic oxidation sites excluding steroid dienone is 1. The molecule has 0 aromatic heterocycles. The summed E-state index contributed by atoms with van der Waals surface area (Å²) in [6.45, 7) is 4.00. The molecule has 0 N–H and O–H groups in total. The maximum atomic E-state index is 11.1. The van der Waals surface area contributed by atoms with Gasteiger partial charge in [0.2, 0.25) is 0 Å². The van der Waals surface area contributed by atoms with E-state index in [0.29, 0.717) is 5.69 Å². The molecule has 4 rings (SSSR count). The molecule has 162 valence electrons. The summed E-state index contributed by atoms with van der Waals surface area (Å²) in [5.41, 5.74) is 7.46. The highest BCUT2D eigenvalue weighted by Crippen LogP contribution is 2.36. The van der Waals surface area contributed by atoms with Crippen molar-refractivity contribution in [3.63, 3.8) is 0 Å². The highest BCUT2D eigenvalue weighted by Gasteiger charge is 2.19. The van der Waals surface area contributed by atoms with Gasteiger partial charge in [-0.3, -0.25) is 0 Å². The van der Waals surface area contributed by atoms with Crippen molar-refractivity contribution >= 4 is 28.8 Å². The smallest absolute Gasteiger partial charge is 0.123 e. The lowest BCUT2D eigenvalue weighted by atomic mass is 9.88. The minimum absolute atomic E-state index is 0.196. The fourth-order valence-corrected chi connectivity index (χ4v) is 4.50. The van der Waals surface area contributed by atoms with Crippen LogP contribution in [0.25, 0.3) is 11.1 Å². The summed E-state index contributed by atoms with van der Waals surface area (Å²) < 4.78 is 0. The highest BCUT2D eigenvalue weighted by atomic mass is 16.3. The number of carbonyl (C=O) groups excluding carboxylic acids is 1. The Labute approximate surface area is 189 Å². The summed E-state index contributed by atoms with van der Waals surface area (Å²) in [7, 11) is 0. The van der Waals surface area contributed by atoms with Crippen LogP contribution in [0.4, 0.5) is 11.4 Å². The second-order valence-electron chi connectivity index (χ2n) is 8.22. The molecule has 1 aliphatic heterocycles. The number of hydrogen-bond acceptors (Lipinski definition) is 4. The highest BCUT2D eigenvalue weighted by molar-refractivity contribution is 5.98. The van der Waals surface area contributed by atoms with E-state index in [9.17, 15) is 9.70 Å². The SMILES string of the molecule is CC/C(=C(\c1ccc(N=O)cc1)c1ccc(N2CCC(C=O)CC2)cc1)c1ccccc1. The molecule has 0 aliphatic carbocycles. The molecule has 0 saturated carbocycles. The lowest BCUT2D eigenvalue weighted by Crippen LogP contribution is -2.34. The van der Waals surface area contributed by atoms with E-state index in [2.05, 4.69) is 65.5 Å². The van der Waals surface area contributed by atoms with Crippen molar-refractivity contribution in [2.75, 3.05) is 18.0 Å². The maximum Gasteiger partial charge on any atom is 0.123 e. The van der Waals surface area contributed by atoms with E-state index in [-0.39, 0.29) is 5.92 Å². The normalized spacial score (nSPS) is 15.2. The van der Waals surface area contributed by atoms with E-state index in [1.165, 1.54) is 22.4 Å². The van der Waals surface area contributed by atoms with Crippen LogP contribution >= 0.6 is 0 Å². The molecule has 0 atom stereocenters. The van der Waals surface area contributed by atoms with E-state index in [0.717, 1.165) is 49.8 Å². The minimum atomic E-state index is 0.196. The molecule has 3 aromatic carbocycles. The van der Waals surface area contributed by atoms with Crippen LogP contribution in [-0.4, -0.2) is 19.4 Å². The van der Waals surface area contributed by atoms with Crippen LogP contribution in [0, 0.1) is 10.8 Å². The maximum absolute atomic E-state index is 11.1. The number of nitrogens with zero attached hydrogens (tertiary/aromatic N) is 2. The van der Waals surface area contributed by atoms with Crippen molar-refractivity contribution in [3.05, 3.63) is 100 Å². The van der Waals surface area contributed by atoms with Gasteiger partial charge in [-0.2, -0.15) is 0 Å². The zero-order valence-electron chi connectivity index (χ0n) is 18.4. The Morgan fingerprint density at radius 1 is 0.875 bits per heavy atom. The van der Waals surface area contributed by atoms with Gasteiger partial charge in [-0.15, -0.1) is 4.91 Å². The van der Waals surface area contributed by atoms with Gasteiger partial charge in [-0.05, 0) is 76.5 Å². The van der Waals surface area contributed by atoms with Gasteiger partial charge >= 0.3 is 0 Å². The Bertz CT molecular complexity index is 1080. The summed E-state index contributed by atoms with van der Waals surface area (Å²) >= 11 is 0. The second-order valence-corrected chi connectivity index (χ2v) is 8.22. The Morgan fingerprint density at radius 2 is 1.47 bits per heavy atom. The average Bonchev–Trinajstić information content (AvgIpc) is 2.88. The Hall–Kier alpha value is -3.53. The zero-order chi connectivity index (χ0) is 22.3. The van der Waals surface area contributed by atoms with Gasteiger partial charge in [0.1, 0.15) is 12.0 Å². The summed E-state index contributed by atoms with van der Waals surface area (Å²) in [6, 6.07) is 26.7. The van der Waals surface area contributed by atoms with Crippen molar-refractivity contribution in [2.45, 2.75) is 26.2 Å². The summed E-state index contributed by atoms with van der Waals surface area (Å²) in [6.07, 6.45) is 3.82. The van der Waals surface area contributed by atoms with Crippen LogP contribution in [0.2, 0.25) is 0 Å². The van der Waals surface area contributed by atoms with Crippen LogP contribution < -0.4 is 4.90 Å². The molecule has 1 saturated heterocycles. The average molecular weight is 425 g/mol. The molecule has 32 heavy (non-hydrogen) atoms. The molecule has 1 heterocycles. The molecule has 4 heteroatoms. The van der Waals surface area contributed by atoms with E-state index < -0.39 is 0 Å². The number of piperidine rings is 1. The molecule has 0 spiro atoms. The number of benzene rings is 3. The van der Waals surface area contributed by atoms with Crippen molar-refractivity contribution < 1.29 is 4.79 Å². The predicted molar refractivity (Wildman–Crippen MR) is 132 cm³/mol. The molecular formula is C28H28N2O2. The van der Waals surface area contributed by atoms with Gasteiger partial charge in [0.25, 0.3) is 0 Å². The van der Waals surface area contributed by atoms with E-state index in [4.69, 9.17) is 0 Å². The van der Waals surface area contributed by atoms with Crippen molar-refractivity contribution in [1.29, 1.82) is 0 Å². The van der Waals surface area contributed by atoms with Gasteiger partial charge in [-0.25, -0.2) is 0 Å². The topological polar surface area (TPSA) is 49.7 Å². The van der Waals surface area contributed by atoms with Gasteiger partial charge < -0.3 is 9.69 Å². The van der Waals surface area contributed by atoms with Crippen LogP contribution in [-0.2, 0) is 4.79 Å². The number of aldehydes is 1. The summed E-state index contributed by atoms with van der Waals surface area (Å²) in [4.78, 5) is 24.3. The molecule has 1 fully saturated rings. The molecule has 0 radical (unpaired) electrons. The third kappa shape index (κ3) is 4.70. The van der Waals surface area contributed by atoms with Crippen molar-refractivity contribution in [3.8, 4) is 0 Å². The van der Waals surface area contributed by atoms with Crippen molar-refractivity contribution in [2.24, 2.45) is 11.1 Å². The van der Waals surface area contributed by atoms with Gasteiger partial charge in [0.05, 0.1) is 0 Å². The van der Waals surface area contributed by atoms with E-state index >= 15 is 0 Å². The van der Waals surface area contributed by atoms with Gasteiger partial charge in [0.15, 0.2) is 0 Å². The van der Waals surface area contributed by atoms with Gasteiger partial charge in [0, 0.05) is 24.7 Å². The summed E-state index contributed by atoms with van der Waals surface area (Å²) in [5, 5.41) is 3.05.